The Bertz CT molecular complexity index is 1220. The summed E-state index contributed by atoms with van der Waals surface area (Å²) < 4.78 is 21.0. The van der Waals surface area contributed by atoms with E-state index in [0.29, 0.717) is 29.3 Å². The highest BCUT2D eigenvalue weighted by Gasteiger charge is 2.29. The van der Waals surface area contributed by atoms with Crippen LogP contribution in [0.25, 0.3) is 0 Å². The molecule has 0 amide bonds. The van der Waals surface area contributed by atoms with Gasteiger partial charge in [0.15, 0.2) is 17.4 Å². The average Bonchev–Trinajstić information content (AvgIpc) is 3.64. The third kappa shape index (κ3) is 4.73. The molecule has 6 nitrogen and oxygen atoms in total. The van der Waals surface area contributed by atoms with Crippen molar-refractivity contribution in [3.8, 4) is 11.6 Å². The summed E-state index contributed by atoms with van der Waals surface area (Å²) in [5.74, 6) is 0.775. The lowest BCUT2D eigenvalue weighted by Crippen LogP contribution is -2.37. The van der Waals surface area contributed by atoms with E-state index in [1.807, 2.05) is 25.1 Å². The van der Waals surface area contributed by atoms with Crippen molar-refractivity contribution in [2.75, 3.05) is 6.61 Å². The third-order valence-electron chi connectivity index (χ3n) is 6.06. The molecule has 0 spiro atoms. The number of nitrogens with zero attached hydrogens (tertiary/aromatic N) is 3. The molecule has 1 saturated carbocycles. The van der Waals surface area contributed by atoms with Gasteiger partial charge in [0.1, 0.15) is 0 Å². The van der Waals surface area contributed by atoms with E-state index < -0.39 is 0 Å². The number of halogens is 1. The Labute approximate surface area is 192 Å². The standard InChI is InChI=1S/C26H27FN4O2/c1-15-7-8-19(16(2)11-15)13-20-14-32-31-25(28-20)22-12-17(3)29-30-26(22)33-23-6-4-5-21(24(23)27)18-9-10-18/h4-8,11-12,18,20H,9-10,13-14H2,1-3H3,(H,28,31). The highest BCUT2D eigenvalue weighted by Crippen LogP contribution is 2.43. The van der Waals surface area contributed by atoms with Gasteiger partial charge in [0, 0.05) is 0 Å². The number of ether oxygens (including phenoxy) is 1. The van der Waals surface area contributed by atoms with Crippen molar-refractivity contribution in [3.63, 3.8) is 0 Å². The SMILES string of the molecule is Cc1ccc(CC2CONC(c3cc(C)nnc3Oc3cccc(C4CC4)c3F)=N2)c(C)c1. The predicted octanol–water partition coefficient (Wildman–Crippen LogP) is 5.10. The summed E-state index contributed by atoms with van der Waals surface area (Å²) in [4.78, 5) is 10.5. The molecule has 2 aliphatic rings. The van der Waals surface area contributed by atoms with Crippen LogP contribution in [0.3, 0.4) is 0 Å². The smallest absolute Gasteiger partial charge is 0.250 e. The molecule has 7 heteroatoms. The molecule has 5 rings (SSSR count). The quantitative estimate of drug-likeness (QED) is 0.570. The summed E-state index contributed by atoms with van der Waals surface area (Å²) in [6.45, 7) is 6.49. The molecule has 2 aromatic carbocycles. The van der Waals surface area contributed by atoms with E-state index in [4.69, 9.17) is 14.6 Å². The van der Waals surface area contributed by atoms with E-state index >= 15 is 4.39 Å². The van der Waals surface area contributed by atoms with Crippen LogP contribution in [0.15, 0.2) is 47.5 Å². The molecule has 1 aromatic heterocycles. The van der Waals surface area contributed by atoms with Crippen LogP contribution in [0.4, 0.5) is 4.39 Å². The van der Waals surface area contributed by atoms with Crippen molar-refractivity contribution < 1.29 is 14.0 Å². The van der Waals surface area contributed by atoms with Gasteiger partial charge in [-0.25, -0.2) is 9.87 Å². The second kappa shape index (κ2) is 8.90. The maximum absolute atomic E-state index is 15.0. The third-order valence-corrected chi connectivity index (χ3v) is 6.06. The predicted molar refractivity (Wildman–Crippen MR) is 124 cm³/mol. The van der Waals surface area contributed by atoms with E-state index in [2.05, 4.69) is 47.7 Å². The van der Waals surface area contributed by atoms with Gasteiger partial charge < -0.3 is 4.74 Å². The van der Waals surface area contributed by atoms with E-state index in [-0.39, 0.29) is 29.4 Å². The largest absolute Gasteiger partial charge is 0.434 e. The number of nitrogens with one attached hydrogen (secondary N) is 1. The van der Waals surface area contributed by atoms with E-state index in [1.54, 1.807) is 6.07 Å². The number of hydrogen-bond acceptors (Lipinski definition) is 6. The van der Waals surface area contributed by atoms with E-state index in [1.165, 1.54) is 16.7 Å². The number of rotatable bonds is 6. The van der Waals surface area contributed by atoms with Gasteiger partial charge in [-0.2, -0.15) is 5.10 Å². The Balaban J connectivity index is 1.44. The van der Waals surface area contributed by atoms with Crippen molar-refractivity contribution in [1.82, 2.24) is 15.7 Å². The van der Waals surface area contributed by atoms with Gasteiger partial charge >= 0.3 is 0 Å². The highest BCUT2D eigenvalue weighted by atomic mass is 19.1. The Morgan fingerprint density at radius 2 is 1.94 bits per heavy atom. The molecule has 170 valence electrons. The van der Waals surface area contributed by atoms with Crippen LogP contribution in [0, 0.1) is 26.6 Å². The molecule has 33 heavy (non-hydrogen) atoms. The second-order valence-corrected chi connectivity index (χ2v) is 8.92. The number of benzene rings is 2. The Morgan fingerprint density at radius 1 is 1.09 bits per heavy atom. The molecule has 2 heterocycles. The average molecular weight is 447 g/mol. The lowest BCUT2D eigenvalue weighted by Gasteiger charge is -2.23. The van der Waals surface area contributed by atoms with Gasteiger partial charge in [-0.1, -0.05) is 35.9 Å². The zero-order valence-corrected chi connectivity index (χ0v) is 19.1. The molecule has 0 radical (unpaired) electrons. The van der Waals surface area contributed by atoms with Crippen LogP contribution in [0.1, 0.15) is 52.3 Å². The van der Waals surface area contributed by atoms with Crippen molar-refractivity contribution in [1.29, 1.82) is 0 Å². The summed E-state index contributed by atoms with van der Waals surface area (Å²) in [5, 5.41) is 8.31. The van der Waals surface area contributed by atoms with Gasteiger partial charge in [0.2, 0.25) is 5.88 Å². The highest BCUT2D eigenvalue weighted by molar-refractivity contribution is 6.00. The minimum Gasteiger partial charge on any atom is -0.434 e. The van der Waals surface area contributed by atoms with Gasteiger partial charge in [-0.3, -0.25) is 9.83 Å². The Kier molecular flexibility index (Phi) is 5.81. The van der Waals surface area contributed by atoms with Crippen molar-refractivity contribution in [2.24, 2.45) is 4.99 Å². The molecule has 1 unspecified atom stereocenters. The first-order chi connectivity index (χ1) is 16.0. The molecule has 1 aliphatic heterocycles. The van der Waals surface area contributed by atoms with Crippen molar-refractivity contribution >= 4 is 5.84 Å². The molecular weight excluding hydrogens is 419 g/mol. The van der Waals surface area contributed by atoms with Crippen LogP contribution in [0.2, 0.25) is 0 Å². The minimum absolute atomic E-state index is 0.0705. The number of aryl methyl sites for hydroxylation is 3. The molecule has 1 aliphatic carbocycles. The van der Waals surface area contributed by atoms with Crippen LogP contribution in [-0.2, 0) is 11.3 Å². The topological polar surface area (TPSA) is 68.6 Å². The summed E-state index contributed by atoms with van der Waals surface area (Å²) in [6, 6.07) is 13.4. The molecule has 1 atom stereocenters. The Hall–Kier alpha value is -3.32. The van der Waals surface area contributed by atoms with Gasteiger partial charge in [0.05, 0.1) is 23.9 Å². The first kappa shape index (κ1) is 21.5. The molecule has 1 N–H and O–H groups in total. The van der Waals surface area contributed by atoms with Crippen LogP contribution in [0.5, 0.6) is 11.6 Å². The zero-order valence-electron chi connectivity index (χ0n) is 19.1. The lowest BCUT2D eigenvalue weighted by molar-refractivity contribution is 0.0623. The first-order valence-corrected chi connectivity index (χ1v) is 11.3. The summed E-state index contributed by atoms with van der Waals surface area (Å²) in [7, 11) is 0. The number of aromatic nitrogens is 2. The maximum Gasteiger partial charge on any atom is 0.250 e. The van der Waals surface area contributed by atoms with Crippen LogP contribution >= 0.6 is 0 Å². The first-order valence-electron chi connectivity index (χ1n) is 11.3. The monoisotopic (exact) mass is 446 g/mol. The van der Waals surface area contributed by atoms with Crippen molar-refractivity contribution in [3.05, 3.63) is 81.8 Å². The van der Waals surface area contributed by atoms with Crippen LogP contribution < -0.4 is 10.2 Å². The van der Waals surface area contributed by atoms with E-state index in [0.717, 1.165) is 19.3 Å². The molecule has 1 fully saturated rings. The number of hydrogen-bond donors (Lipinski definition) is 1. The summed E-state index contributed by atoms with van der Waals surface area (Å²) in [5.41, 5.74) is 8.58. The lowest BCUT2D eigenvalue weighted by atomic mass is 9.99. The fraction of sp³-hybridized carbons (Fsp3) is 0.346. The number of aliphatic imine (C=N–C) groups is 1. The fourth-order valence-electron chi connectivity index (χ4n) is 4.15. The normalized spacial score (nSPS) is 17.9. The van der Waals surface area contributed by atoms with Gasteiger partial charge in [0.25, 0.3) is 0 Å². The zero-order chi connectivity index (χ0) is 22.9. The molecule has 3 aromatic rings. The van der Waals surface area contributed by atoms with E-state index in [9.17, 15) is 0 Å². The maximum atomic E-state index is 15.0. The molecule has 0 bridgehead atoms. The number of amidine groups is 1. The molecule has 0 saturated heterocycles. The fourth-order valence-corrected chi connectivity index (χ4v) is 4.15. The number of hydroxylamine groups is 1. The van der Waals surface area contributed by atoms with Crippen molar-refractivity contribution in [2.45, 2.75) is 52.0 Å². The van der Waals surface area contributed by atoms with Crippen LogP contribution in [-0.4, -0.2) is 28.7 Å². The second-order valence-electron chi connectivity index (χ2n) is 8.92. The summed E-state index contributed by atoms with van der Waals surface area (Å²) >= 11 is 0. The minimum atomic E-state index is -0.337. The van der Waals surface area contributed by atoms with Gasteiger partial charge in [-0.05, 0) is 74.8 Å². The molecular formula is C26H27FN4O2. The Morgan fingerprint density at radius 3 is 2.73 bits per heavy atom. The summed E-state index contributed by atoms with van der Waals surface area (Å²) in [6.07, 6.45) is 2.77. The van der Waals surface area contributed by atoms with Gasteiger partial charge in [-0.15, -0.1) is 5.10 Å².